The first-order valence-electron chi connectivity index (χ1n) is 5.70. The summed E-state index contributed by atoms with van der Waals surface area (Å²) in [5.74, 6) is -0.240. The van der Waals surface area contributed by atoms with Crippen LogP contribution in [0.5, 0.6) is 0 Å². The summed E-state index contributed by atoms with van der Waals surface area (Å²) >= 11 is 0. The van der Waals surface area contributed by atoms with Gasteiger partial charge in [-0.3, -0.25) is 0 Å². The zero-order valence-electron chi connectivity index (χ0n) is 9.45. The predicted molar refractivity (Wildman–Crippen MR) is 59.7 cm³/mol. The minimum Gasteiger partial charge on any atom is -0.389 e. The molecule has 1 aromatic carbocycles. The molecule has 0 amide bonds. The van der Waals surface area contributed by atoms with E-state index < -0.39 is 5.60 Å². The first kappa shape index (κ1) is 11.6. The van der Waals surface area contributed by atoms with Gasteiger partial charge in [-0.25, -0.2) is 4.39 Å². The number of aliphatic hydroxyl groups is 1. The molecule has 0 spiro atoms. The molecule has 1 fully saturated rings. The molecular formula is C13H17FO2. The fraction of sp³-hybridized carbons (Fsp3) is 0.538. The van der Waals surface area contributed by atoms with Crippen molar-refractivity contribution >= 4 is 0 Å². The summed E-state index contributed by atoms with van der Waals surface area (Å²) in [5, 5.41) is 10.1. The number of ether oxygens (including phenoxy) is 1. The summed E-state index contributed by atoms with van der Waals surface area (Å²) in [4.78, 5) is 0. The first-order chi connectivity index (χ1) is 7.63. The molecule has 1 N–H and O–H groups in total. The Morgan fingerprint density at radius 3 is 2.75 bits per heavy atom. The summed E-state index contributed by atoms with van der Waals surface area (Å²) in [6.07, 6.45) is 1.73. The third-order valence-corrected chi connectivity index (χ3v) is 3.09. The second-order valence-corrected chi connectivity index (χ2v) is 4.48. The van der Waals surface area contributed by atoms with Crippen LogP contribution in [-0.2, 0) is 11.2 Å². The predicted octanol–water partition coefficient (Wildman–Crippen LogP) is 2.30. The van der Waals surface area contributed by atoms with Gasteiger partial charge in [-0.15, -0.1) is 0 Å². The number of hydrogen-bond donors (Lipinski definition) is 1. The van der Waals surface area contributed by atoms with Crippen LogP contribution in [0.3, 0.4) is 0 Å². The molecule has 1 aromatic rings. The molecule has 1 saturated carbocycles. The monoisotopic (exact) mass is 224 g/mol. The first-order valence-corrected chi connectivity index (χ1v) is 5.70. The highest BCUT2D eigenvalue weighted by Crippen LogP contribution is 2.37. The van der Waals surface area contributed by atoms with Crippen molar-refractivity contribution in [3.8, 4) is 0 Å². The quantitative estimate of drug-likeness (QED) is 0.850. The van der Waals surface area contributed by atoms with Gasteiger partial charge >= 0.3 is 0 Å². The van der Waals surface area contributed by atoms with Gasteiger partial charge in [0, 0.05) is 25.9 Å². The number of rotatable bonds is 4. The minimum atomic E-state index is -0.776. The molecule has 1 aliphatic rings. The lowest BCUT2D eigenvalue weighted by molar-refractivity contribution is -0.136. The zero-order chi connectivity index (χ0) is 11.6. The lowest BCUT2D eigenvalue weighted by Gasteiger charge is -2.43. The largest absolute Gasteiger partial charge is 0.389 e. The lowest BCUT2D eigenvalue weighted by Crippen LogP contribution is -2.50. The molecule has 88 valence electrons. The normalized spacial score (nSPS) is 28.8. The Labute approximate surface area is 95.1 Å². The van der Waals surface area contributed by atoms with Crippen LogP contribution in [0.25, 0.3) is 0 Å². The van der Waals surface area contributed by atoms with Gasteiger partial charge in [-0.05, 0) is 18.6 Å². The number of hydrogen-bond acceptors (Lipinski definition) is 2. The van der Waals surface area contributed by atoms with E-state index >= 15 is 0 Å². The van der Waals surface area contributed by atoms with E-state index in [1.54, 1.807) is 18.2 Å². The zero-order valence-corrected chi connectivity index (χ0v) is 9.45. The number of benzene rings is 1. The van der Waals surface area contributed by atoms with Crippen molar-refractivity contribution in [3.63, 3.8) is 0 Å². The van der Waals surface area contributed by atoms with E-state index in [1.807, 2.05) is 6.92 Å². The van der Waals surface area contributed by atoms with Crippen LogP contribution in [0.4, 0.5) is 4.39 Å². The van der Waals surface area contributed by atoms with Gasteiger partial charge in [0.05, 0.1) is 11.7 Å². The summed E-state index contributed by atoms with van der Waals surface area (Å²) in [6, 6.07) is 6.60. The van der Waals surface area contributed by atoms with Gasteiger partial charge in [0.25, 0.3) is 0 Å². The highest BCUT2D eigenvalue weighted by molar-refractivity contribution is 5.20. The highest BCUT2D eigenvalue weighted by Gasteiger charge is 2.43. The summed E-state index contributed by atoms with van der Waals surface area (Å²) in [7, 11) is 0. The molecule has 0 radical (unpaired) electrons. The smallest absolute Gasteiger partial charge is 0.126 e. The molecule has 2 nitrogen and oxygen atoms in total. The third kappa shape index (κ3) is 2.42. The minimum absolute atomic E-state index is 0.141. The molecule has 0 bridgehead atoms. The molecule has 0 atom stereocenters. The van der Waals surface area contributed by atoms with Crippen LogP contribution in [0, 0.1) is 5.82 Å². The van der Waals surface area contributed by atoms with Gasteiger partial charge in [0.2, 0.25) is 0 Å². The fourth-order valence-electron chi connectivity index (χ4n) is 2.28. The average molecular weight is 224 g/mol. The molecule has 2 rings (SSSR count). The van der Waals surface area contributed by atoms with Crippen molar-refractivity contribution in [1.82, 2.24) is 0 Å². The average Bonchev–Trinajstić information content (AvgIpc) is 2.20. The van der Waals surface area contributed by atoms with E-state index in [1.165, 1.54) is 6.07 Å². The molecule has 3 heteroatoms. The maximum atomic E-state index is 13.4. The van der Waals surface area contributed by atoms with Crippen LogP contribution in [0.15, 0.2) is 24.3 Å². The van der Waals surface area contributed by atoms with Gasteiger partial charge < -0.3 is 9.84 Å². The Balaban J connectivity index is 1.94. The SMILES string of the molecule is CCOC1CC(O)(Cc2ccccc2F)C1. The van der Waals surface area contributed by atoms with Crippen molar-refractivity contribution < 1.29 is 14.2 Å². The molecule has 0 aromatic heterocycles. The maximum absolute atomic E-state index is 13.4. The summed E-state index contributed by atoms with van der Waals surface area (Å²) in [6.45, 7) is 2.61. The van der Waals surface area contributed by atoms with Crippen molar-refractivity contribution in [3.05, 3.63) is 35.6 Å². The van der Waals surface area contributed by atoms with Crippen molar-refractivity contribution in [2.75, 3.05) is 6.61 Å². The maximum Gasteiger partial charge on any atom is 0.126 e. The Hall–Kier alpha value is -0.930. The van der Waals surface area contributed by atoms with Crippen molar-refractivity contribution in [1.29, 1.82) is 0 Å². The Kier molecular flexibility index (Phi) is 3.26. The Morgan fingerprint density at radius 1 is 1.44 bits per heavy atom. The lowest BCUT2D eigenvalue weighted by atomic mass is 9.73. The van der Waals surface area contributed by atoms with Gasteiger partial charge in [-0.1, -0.05) is 18.2 Å². The van der Waals surface area contributed by atoms with Crippen LogP contribution in [0.1, 0.15) is 25.3 Å². The second kappa shape index (κ2) is 4.52. The highest BCUT2D eigenvalue weighted by atomic mass is 19.1. The van der Waals surface area contributed by atoms with E-state index in [4.69, 9.17) is 4.74 Å². The van der Waals surface area contributed by atoms with Crippen LogP contribution >= 0.6 is 0 Å². The van der Waals surface area contributed by atoms with E-state index in [0.29, 0.717) is 31.4 Å². The molecule has 0 saturated heterocycles. The summed E-state index contributed by atoms with van der Waals surface area (Å²) in [5.41, 5.74) is -0.192. The third-order valence-electron chi connectivity index (χ3n) is 3.09. The van der Waals surface area contributed by atoms with Crippen molar-refractivity contribution in [2.45, 2.75) is 37.9 Å². The molecule has 0 unspecified atom stereocenters. The Morgan fingerprint density at radius 2 is 2.12 bits per heavy atom. The fourth-order valence-corrected chi connectivity index (χ4v) is 2.28. The molecular weight excluding hydrogens is 207 g/mol. The second-order valence-electron chi connectivity index (χ2n) is 4.48. The Bertz CT molecular complexity index is 359. The van der Waals surface area contributed by atoms with Gasteiger partial charge in [0.1, 0.15) is 5.82 Å². The van der Waals surface area contributed by atoms with Crippen LogP contribution in [0.2, 0.25) is 0 Å². The van der Waals surface area contributed by atoms with E-state index in [9.17, 15) is 9.50 Å². The van der Waals surface area contributed by atoms with Crippen molar-refractivity contribution in [2.24, 2.45) is 0 Å². The standard InChI is InChI=1S/C13H17FO2/c1-2-16-11-8-13(15,9-11)7-10-5-3-4-6-12(10)14/h3-6,11,15H,2,7-9H2,1H3. The van der Waals surface area contributed by atoms with Crippen LogP contribution in [-0.4, -0.2) is 23.4 Å². The van der Waals surface area contributed by atoms with E-state index in [-0.39, 0.29) is 11.9 Å². The topological polar surface area (TPSA) is 29.5 Å². The van der Waals surface area contributed by atoms with E-state index in [0.717, 1.165) is 0 Å². The molecule has 0 aliphatic heterocycles. The summed E-state index contributed by atoms with van der Waals surface area (Å²) < 4.78 is 18.8. The van der Waals surface area contributed by atoms with Crippen LogP contribution < -0.4 is 0 Å². The molecule has 1 aliphatic carbocycles. The molecule has 0 heterocycles. The van der Waals surface area contributed by atoms with E-state index in [2.05, 4.69) is 0 Å². The molecule has 16 heavy (non-hydrogen) atoms. The van der Waals surface area contributed by atoms with Gasteiger partial charge in [0.15, 0.2) is 0 Å². The number of halogens is 1. The van der Waals surface area contributed by atoms with Gasteiger partial charge in [-0.2, -0.15) is 0 Å².